The van der Waals surface area contributed by atoms with Gasteiger partial charge in [0.05, 0.1) is 35.2 Å². The molecule has 56 heavy (non-hydrogen) atoms. The molecule has 0 bridgehead atoms. The second-order valence-electron chi connectivity index (χ2n) is 15.6. The number of nitrogens with one attached hydrogen (secondary N) is 3. The highest BCUT2D eigenvalue weighted by Crippen LogP contribution is 2.51. The summed E-state index contributed by atoms with van der Waals surface area (Å²) in [6, 6.07) is 13.6. The maximum absolute atomic E-state index is 13.9. The fourth-order valence-electron chi connectivity index (χ4n) is 8.02. The molecule has 9 heterocycles. The molecule has 0 spiro atoms. The summed E-state index contributed by atoms with van der Waals surface area (Å²) in [6.07, 6.45) is 11.3. The number of fused-ring (bicyclic) bond motifs is 4. The zero-order chi connectivity index (χ0) is 38.3. The van der Waals surface area contributed by atoms with E-state index in [0.29, 0.717) is 36.5 Å². The summed E-state index contributed by atoms with van der Waals surface area (Å²) in [5, 5.41) is 18.6. The molecule has 17 heteroatoms. The van der Waals surface area contributed by atoms with E-state index in [2.05, 4.69) is 46.1 Å². The lowest BCUT2D eigenvalue weighted by Crippen LogP contribution is -2.35. The van der Waals surface area contributed by atoms with Gasteiger partial charge in [0.15, 0.2) is 0 Å². The first kappa shape index (κ1) is 34.3. The molecule has 10 rings (SSSR count). The van der Waals surface area contributed by atoms with Crippen molar-refractivity contribution in [3.05, 3.63) is 96.6 Å². The summed E-state index contributed by atoms with van der Waals surface area (Å²) in [5.74, 6) is -0.233. The van der Waals surface area contributed by atoms with Crippen LogP contribution in [0.25, 0.3) is 55.4 Å². The van der Waals surface area contributed by atoms with Crippen LogP contribution in [0.4, 0.5) is 4.79 Å². The number of rotatable bonds is 8. The van der Waals surface area contributed by atoms with E-state index in [9.17, 15) is 13.2 Å². The summed E-state index contributed by atoms with van der Waals surface area (Å²) >= 11 is 0. The van der Waals surface area contributed by atoms with Gasteiger partial charge >= 0.3 is 6.09 Å². The van der Waals surface area contributed by atoms with Gasteiger partial charge in [-0.3, -0.25) is 0 Å². The molecule has 8 aromatic rings. The molecule has 1 aliphatic heterocycles. The van der Waals surface area contributed by atoms with E-state index in [1.165, 1.54) is 0 Å². The molecule has 1 saturated heterocycles. The summed E-state index contributed by atoms with van der Waals surface area (Å²) in [5.41, 5.74) is 8.44. The van der Waals surface area contributed by atoms with Crippen LogP contribution < -0.4 is 4.72 Å². The monoisotopic (exact) mass is 770 g/mol. The van der Waals surface area contributed by atoms with Crippen molar-refractivity contribution < 1.29 is 17.9 Å². The first-order valence-corrected chi connectivity index (χ1v) is 20.1. The molecule has 0 aromatic carbocycles. The van der Waals surface area contributed by atoms with Crippen molar-refractivity contribution in [2.75, 3.05) is 13.1 Å². The zero-order valence-corrected chi connectivity index (χ0v) is 31.7. The van der Waals surface area contributed by atoms with Crippen molar-refractivity contribution >= 4 is 49.2 Å². The lowest BCUT2D eigenvalue weighted by Gasteiger charge is -2.24. The molecule has 1 aliphatic carbocycles. The van der Waals surface area contributed by atoms with E-state index < -0.39 is 20.9 Å². The van der Waals surface area contributed by atoms with Crippen LogP contribution in [-0.4, -0.2) is 92.9 Å². The third kappa shape index (κ3) is 5.94. The van der Waals surface area contributed by atoms with Gasteiger partial charge in [-0.15, -0.1) is 0 Å². The van der Waals surface area contributed by atoms with Crippen LogP contribution >= 0.6 is 0 Å². The summed E-state index contributed by atoms with van der Waals surface area (Å²) < 4.78 is 39.5. The van der Waals surface area contributed by atoms with Crippen LogP contribution in [-0.2, 0) is 21.3 Å². The smallest absolute Gasteiger partial charge is 0.410 e. The number of likely N-dealkylation sites (tertiary alicyclic amines) is 1. The minimum Gasteiger partial charge on any atom is -0.444 e. The molecule has 3 unspecified atom stereocenters. The number of carbonyl (C=O) groups excluding carboxylic acids is 1. The van der Waals surface area contributed by atoms with Gasteiger partial charge in [-0.2, -0.15) is 29.7 Å². The second-order valence-corrected chi connectivity index (χ2v) is 17.5. The first-order chi connectivity index (χ1) is 27.0. The number of ether oxygens (including phenoxy) is 1. The number of nitrogens with zero attached hydrogens (tertiary/aromatic N) is 9. The number of carbonyl (C=O) groups is 1. The number of pyridine rings is 2. The molecule has 2 fully saturated rings. The maximum atomic E-state index is 13.9. The molecular formula is C39H38N12O4S. The molecule has 3 N–H and O–H groups in total. The van der Waals surface area contributed by atoms with E-state index >= 15 is 0 Å². The number of amides is 1. The Morgan fingerprint density at radius 1 is 0.875 bits per heavy atom. The maximum Gasteiger partial charge on any atom is 0.410 e. The largest absolute Gasteiger partial charge is 0.444 e. The summed E-state index contributed by atoms with van der Waals surface area (Å²) in [6.45, 7) is 6.77. The molecule has 3 atom stereocenters. The van der Waals surface area contributed by atoms with Gasteiger partial charge in [0.25, 0.3) is 0 Å². The lowest BCUT2D eigenvalue weighted by molar-refractivity contribution is 0.0292. The average molecular weight is 771 g/mol. The van der Waals surface area contributed by atoms with E-state index in [4.69, 9.17) is 9.72 Å². The Morgan fingerprint density at radius 2 is 1.61 bits per heavy atom. The Kier molecular flexibility index (Phi) is 7.76. The van der Waals surface area contributed by atoms with E-state index in [1.807, 2.05) is 57.2 Å². The number of hydrogen-bond donors (Lipinski definition) is 3. The van der Waals surface area contributed by atoms with E-state index in [-0.39, 0.29) is 24.5 Å². The highest BCUT2D eigenvalue weighted by Gasteiger charge is 2.49. The van der Waals surface area contributed by atoms with Gasteiger partial charge in [-0.05, 0) is 87.2 Å². The minimum atomic E-state index is -3.75. The third-order valence-electron chi connectivity index (χ3n) is 10.7. The van der Waals surface area contributed by atoms with Crippen molar-refractivity contribution in [1.82, 2.24) is 59.2 Å². The molecule has 1 amide bonds. The van der Waals surface area contributed by atoms with Gasteiger partial charge in [-0.25, -0.2) is 27.9 Å². The van der Waals surface area contributed by atoms with Gasteiger partial charge < -0.3 is 19.6 Å². The number of sulfonamides is 1. The van der Waals surface area contributed by atoms with Crippen LogP contribution in [0, 0.1) is 0 Å². The first-order valence-electron chi connectivity index (χ1n) is 18.5. The van der Waals surface area contributed by atoms with Crippen molar-refractivity contribution in [3.8, 4) is 22.3 Å². The van der Waals surface area contributed by atoms with Gasteiger partial charge in [-0.1, -0.05) is 0 Å². The summed E-state index contributed by atoms with van der Waals surface area (Å²) in [7, 11) is -3.75. The van der Waals surface area contributed by atoms with E-state index in [0.717, 1.165) is 61.7 Å². The summed E-state index contributed by atoms with van der Waals surface area (Å²) in [4.78, 5) is 30.7. The Morgan fingerprint density at radius 3 is 2.38 bits per heavy atom. The molecule has 284 valence electrons. The van der Waals surface area contributed by atoms with Crippen LogP contribution in [0.3, 0.4) is 0 Å². The van der Waals surface area contributed by atoms with Gasteiger partial charge in [0.2, 0.25) is 10.0 Å². The SMILES string of the molecule is CC(C)(C)OC(=O)N1CCC(c2cc3c(-c4cnn5ncccc45)c(C4CC4S(=O)(=O)NCc4cc5c(-c6cnn7ncccc67)ccnc5[nH]4)cnc3[nH]2)C1. The predicted molar refractivity (Wildman–Crippen MR) is 208 cm³/mol. The Bertz CT molecular complexity index is 2940. The van der Waals surface area contributed by atoms with Crippen molar-refractivity contribution in [1.29, 1.82) is 0 Å². The molecule has 1 saturated carbocycles. The standard InChI is InChI=1S/C39H38N12O4S/c1-39(2,3)55-38(52)49-13-9-22(21-49)31-15-27-35(30-20-45-51-33(30)7-5-11-43-51)29(18-41-37(27)48-31)25-16-34(25)56(53,54)46-17-23-14-26-24(8-12-40-36(26)47-23)28-19-44-50-32(28)6-4-10-42-50/h4-8,10-12,14-15,18-20,22,25,34,46H,9,13,16-17,21H2,1-3H3,(H,40,47)(H,41,48). The number of hydrogen-bond acceptors (Lipinski definition) is 10. The van der Waals surface area contributed by atoms with Crippen LogP contribution in [0.5, 0.6) is 0 Å². The Hall–Kier alpha value is -6.20. The highest BCUT2D eigenvalue weighted by molar-refractivity contribution is 7.90. The van der Waals surface area contributed by atoms with Crippen molar-refractivity contribution in [2.45, 2.75) is 62.8 Å². The Balaban J connectivity index is 0.935. The fourth-order valence-corrected chi connectivity index (χ4v) is 9.63. The molecule has 2 aliphatic rings. The van der Waals surface area contributed by atoms with Crippen molar-refractivity contribution in [3.63, 3.8) is 0 Å². The average Bonchev–Trinajstić information content (AvgIpc) is 3.75. The minimum absolute atomic E-state index is 0.0596. The van der Waals surface area contributed by atoms with Gasteiger partial charge in [0, 0.05) is 88.6 Å². The second kappa shape index (κ2) is 12.7. The normalized spacial score (nSPS) is 18.8. The molecule has 8 aromatic heterocycles. The van der Waals surface area contributed by atoms with Crippen molar-refractivity contribution in [2.24, 2.45) is 0 Å². The zero-order valence-electron chi connectivity index (χ0n) is 30.8. The number of aromatic nitrogens is 10. The number of aromatic amines is 2. The van der Waals surface area contributed by atoms with Crippen LogP contribution in [0.1, 0.15) is 62.4 Å². The quantitative estimate of drug-likeness (QED) is 0.176. The van der Waals surface area contributed by atoms with E-state index in [1.54, 1.807) is 51.3 Å². The fraction of sp³-hybridized carbons (Fsp3) is 0.308. The van der Waals surface area contributed by atoms with Crippen LogP contribution in [0.15, 0.2) is 79.6 Å². The predicted octanol–water partition coefficient (Wildman–Crippen LogP) is 5.56. The third-order valence-corrected chi connectivity index (χ3v) is 12.6. The van der Waals surface area contributed by atoms with Crippen LogP contribution in [0.2, 0.25) is 0 Å². The van der Waals surface area contributed by atoms with Gasteiger partial charge in [0.1, 0.15) is 16.9 Å². The highest BCUT2D eigenvalue weighted by atomic mass is 32.2. The molecular weight excluding hydrogens is 733 g/mol. The lowest BCUT2D eigenvalue weighted by atomic mass is 9.96. The molecule has 0 radical (unpaired) electrons. The topological polar surface area (TPSA) is 193 Å². The molecule has 16 nitrogen and oxygen atoms in total. The number of H-pyrrole nitrogens is 2. The Labute approximate surface area is 320 Å².